The lowest BCUT2D eigenvalue weighted by Crippen LogP contribution is -2.55. The maximum atomic E-state index is 13.3. The molecular weight excluding hydrogens is 636 g/mol. The average molecular weight is 689 g/mol. The lowest BCUT2D eigenvalue weighted by atomic mass is 10.0. The van der Waals surface area contributed by atoms with Crippen LogP contribution in [0.2, 0.25) is 0 Å². The minimum Gasteiger partial charge on any atom is -0.495 e. The van der Waals surface area contributed by atoms with E-state index < -0.39 is 0 Å². The Morgan fingerprint density at radius 3 is 2.46 bits per heavy atom. The molecule has 1 aromatic heterocycles. The smallest absolute Gasteiger partial charge is 0.323 e. The van der Waals surface area contributed by atoms with Crippen molar-refractivity contribution in [3.05, 3.63) is 30.0 Å². The molecule has 2 aromatic rings. The predicted molar refractivity (Wildman–Crippen MR) is 191 cm³/mol. The Kier molecular flexibility index (Phi) is 10.1. The van der Waals surface area contributed by atoms with Crippen molar-refractivity contribution in [2.24, 2.45) is 11.8 Å². The van der Waals surface area contributed by atoms with E-state index in [0.717, 1.165) is 76.8 Å². The van der Waals surface area contributed by atoms with Crippen LogP contribution in [0.25, 0.3) is 0 Å². The van der Waals surface area contributed by atoms with E-state index in [1.807, 2.05) is 13.1 Å². The van der Waals surface area contributed by atoms with Gasteiger partial charge in [0.25, 0.3) is 5.91 Å². The highest BCUT2D eigenvalue weighted by Crippen LogP contribution is 2.46. The number of carbonyl (C=O) groups is 3. The number of amides is 2. The van der Waals surface area contributed by atoms with E-state index in [9.17, 15) is 14.4 Å². The number of benzene rings is 1. The molecule has 7 rings (SSSR count). The van der Waals surface area contributed by atoms with Gasteiger partial charge in [-0.25, -0.2) is 4.98 Å². The quantitative estimate of drug-likeness (QED) is 0.264. The highest BCUT2D eigenvalue weighted by atomic mass is 16.5. The summed E-state index contributed by atoms with van der Waals surface area (Å²) < 4.78 is 11.4. The predicted octanol–water partition coefficient (Wildman–Crippen LogP) is 3.86. The van der Waals surface area contributed by atoms with Crippen LogP contribution in [0.5, 0.6) is 5.75 Å². The molecule has 13 heteroatoms. The number of rotatable bonds is 13. The van der Waals surface area contributed by atoms with Gasteiger partial charge in [-0.05, 0) is 88.4 Å². The van der Waals surface area contributed by atoms with Crippen LogP contribution in [0.4, 0.5) is 23.1 Å². The molecule has 0 spiro atoms. The second-order valence-electron chi connectivity index (χ2n) is 14.7. The van der Waals surface area contributed by atoms with Gasteiger partial charge in [-0.2, -0.15) is 4.98 Å². The van der Waals surface area contributed by atoms with Gasteiger partial charge in [0.15, 0.2) is 5.82 Å². The third-order valence-corrected chi connectivity index (χ3v) is 11.6. The Morgan fingerprint density at radius 2 is 1.78 bits per heavy atom. The lowest BCUT2D eigenvalue weighted by Gasteiger charge is -2.43. The van der Waals surface area contributed by atoms with Gasteiger partial charge in [-0.15, -0.1) is 0 Å². The van der Waals surface area contributed by atoms with E-state index in [2.05, 4.69) is 37.7 Å². The second kappa shape index (κ2) is 14.7. The molecule has 2 unspecified atom stereocenters. The number of hydrogen-bond donors (Lipinski definition) is 3. The third-order valence-electron chi connectivity index (χ3n) is 11.6. The van der Waals surface area contributed by atoms with Crippen molar-refractivity contribution >= 4 is 40.9 Å². The van der Waals surface area contributed by atoms with Gasteiger partial charge < -0.3 is 40.1 Å². The summed E-state index contributed by atoms with van der Waals surface area (Å²) >= 11 is 0. The van der Waals surface area contributed by atoms with E-state index in [1.54, 1.807) is 37.4 Å². The molecule has 3 heterocycles. The number of likely N-dealkylation sites (N-methyl/N-ethyl adjacent to an activating group) is 2. The first-order chi connectivity index (χ1) is 24.3. The minimum atomic E-state index is -0.290. The Morgan fingerprint density at radius 1 is 1.06 bits per heavy atom. The average Bonchev–Trinajstić information content (AvgIpc) is 3.69. The van der Waals surface area contributed by atoms with Crippen LogP contribution in [0.1, 0.15) is 81.5 Å². The molecule has 50 heavy (non-hydrogen) atoms. The number of aromatic nitrogens is 2. The van der Waals surface area contributed by atoms with Gasteiger partial charge in [0.2, 0.25) is 11.9 Å². The van der Waals surface area contributed by atoms with Crippen LogP contribution in [-0.4, -0.2) is 104 Å². The Balaban J connectivity index is 0.944. The number of fused-ring (bicyclic) bond motifs is 2. The van der Waals surface area contributed by atoms with Crippen LogP contribution in [0.3, 0.4) is 0 Å². The molecule has 270 valence electrons. The summed E-state index contributed by atoms with van der Waals surface area (Å²) in [6, 6.07) is 5.25. The van der Waals surface area contributed by atoms with Gasteiger partial charge in [0.05, 0.1) is 19.0 Å². The third kappa shape index (κ3) is 6.86. The molecule has 1 aromatic carbocycles. The van der Waals surface area contributed by atoms with Crippen molar-refractivity contribution in [1.29, 1.82) is 0 Å². The first-order valence-electron chi connectivity index (χ1n) is 18.6. The SMILES string of the molecule is CC[C@@H]1C(=O)N(C)c2cnc(Nc3ccc(C(=O)NC4C5CN(CC[C@H](NC)C(=O)OC6CCCC6)CC54)cc3OC)nc2N1C1CCCC1. The van der Waals surface area contributed by atoms with Crippen molar-refractivity contribution in [2.45, 2.75) is 101 Å². The summed E-state index contributed by atoms with van der Waals surface area (Å²) in [6.45, 7) is 4.71. The largest absolute Gasteiger partial charge is 0.495 e. The molecule has 1 saturated heterocycles. The summed E-state index contributed by atoms with van der Waals surface area (Å²) in [6.07, 6.45) is 11.8. The number of carbonyl (C=O) groups excluding carboxylic acids is 3. The molecule has 5 aliphatic rings. The highest BCUT2D eigenvalue weighted by Gasteiger charge is 2.56. The highest BCUT2D eigenvalue weighted by molar-refractivity contribution is 6.04. The van der Waals surface area contributed by atoms with E-state index in [4.69, 9.17) is 14.5 Å². The summed E-state index contributed by atoms with van der Waals surface area (Å²) in [5.41, 5.74) is 1.89. The fourth-order valence-corrected chi connectivity index (χ4v) is 8.69. The molecule has 4 fully saturated rings. The summed E-state index contributed by atoms with van der Waals surface area (Å²) in [4.78, 5) is 55.0. The molecule has 3 aliphatic carbocycles. The van der Waals surface area contributed by atoms with Gasteiger partial charge in [-0.1, -0.05) is 19.8 Å². The molecular formula is C37H52N8O5. The summed E-state index contributed by atoms with van der Waals surface area (Å²) in [7, 11) is 5.19. The van der Waals surface area contributed by atoms with Gasteiger partial charge in [-0.3, -0.25) is 14.4 Å². The number of hydrogen-bond acceptors (Lipinski definition) is 11. The number of piperidine rings is 1. The zero-order valence-electron chi connectivity index (χ0n) is 29.8. The zero-order chi connectivity index (χ0) is 34.9. The van der Waals surface area contributed by atoms with Crippen LogP contribution < -0.4 is 30.5 Å². The number of anilines is 4. The second-order valence-corrected chi connectivity index (χ2v) is 14.7. The van der Waals surface area contributed by atoms with Crippen molar-refractivity contribution in [3.8, 4) is 5.75 Å². The minimum absolute atomic E-state index is 0.0785. The normalized spacial score (nSPS) is 25.7. The van der Waals surface area contributed by atoms with Crippen molar-refractivity contribution in [1.82, 2.24) is 25.5 Å². The topological polar surface area (TPSA) is 141 Å². The number of ether oxygens (including phenoxy) is 2. The Hall–Kier alpha value is -3.97. The summed E-state index contributed by atoms with van der Waals surface area (Å²) in [5, 5.41) is 9.68. The molecule has 2 aliphatic heterocycles. The van der Waals surface area contributed by atoms with Crippen molar-refractivity contribution in [2.75, 3.05) is 56.0 Å². The molecule has 3 N–H and O–H groups in total. The molecule has 4 atom stereocenters. The van der Waals surface area contributed by atoms with Crippen LogP contribution >= 0.6 is 0 Å². The van der Waals surface area contributed by atoms with E-state index >= 15 is 0 Å². The number of methoxy groups -OCH3 is 1. The van der Waals surface area contributed by atoms with Crippen LogP contribution in [-0.2, 0) is 14.3 Å². The fourth-order valence-electron chi connectivity index (χ4n) is 8.69. The lowest BCUT2D eigenvalue weighted by molar-refractivity contribution is -0.151. The first kappa shape index (κ1) is 34.5. The number of nitrogens with zero attached hydrogens (tertiary/aromatic N) is 5. The van der Waals surface area contributed by atoms with E-state index in [0.29, 0.717) is 53.3 Å². The Labute approximate surface area is 294 Å². The molecule has 0 bridgehead atoms. The first-order valence-corrected chi connectivity index (χ1v) is 18.6. The maximum Gasteiger partial charge on any atom is 0.323 e. The van der Waals surface area contributed by atoms with Crippen LogP contribution in [0.15, 0.2) is 24.4 Å². The van der Waals surface area contributed by atoms with Gasteiger partial charge in [0.1, 0.15) is 29.6 Å². The van der Waals surface area contributed by atoms with Crippen molar-refractivity contribution < 1.29 is 23.9 Å². The fraction of sp³-hybridized carbons (Fsp3) is 0.649. The summed E-state index contributed by atoms with van der Waals surface area (Å²) in [5.74, 6) is 2.35. The number of esters is 1. The Bertz CT molecular complexity index is 1560. The molecule has 0 radical (unpaired) electrons. The zero-order valence-corrected chi connectivity index (χ0v) is 29.8. The van der Waals surface area contributed by atoms with E-state index in [1.165, 1.54) is 0 Å². The van der Waals surface area contributed by atoms with Crippen LogP contribution in [0, 0.1) is 11.8 Å². The van der Waals surface area contributed by atoms with Gasteiger partial charge in [0, 0.05) is 44.3 Å². The van der Waals surface area contributed by atoms with Gasteiger partial charge >= 0.3 is 5.97 Å². The molecule has 3 saturated carbocycles. The maximum absolute atomic E-state index is 13.3. The molecule has 13 nitrogen and oxygen atoms in total. The van der Waals surface area contributed by atoms with E-state index in [-0.39, 0.29) is 48.1 Å². The number of likely N-dealkylation sites (tertiary alicyclic amines) is 1. The molecule has 2 amide bonds. The standard InChI is InChI=1S/C37H52N8O5/c1-5-29-35(47)43(3)30-19-39-37(42-33(30)45(29)23-10-6-7-11-23)40-27-15-14-22(18-31(27)49-4)34(46)41-32-25-20-44(21-26(25)32)17-16-28(38-2)36(48)50-24-12-8-9-13-24/h14-15,18-19,23-26,28-29,32,38H,5-13,16-17,20-21H2,1-4H3,(H,41,46)(H,39,40,42)/t25?,26?,28-,29+,32?/m0/s1. The number of nitrogens with one attached hydrogen (secondary N) is 3. The van der Waals surface area contributed by atoms with Crippen molar-refractivity contribution in [3.63, 3.8) is 0 Å². The monoisotopic (exact) mass is 688 g/mol.